The zero-order valence-corrected chi connectivity index (χ0v) is 10.8. The van der Waals surface area contributed by atoms with Crippen LogP contribution in [0.5, 0.6) is 5.75 Å². The fraction of sp³-hybridized carbons (Fsp3) is 0.385. The van der Waals surface area contributed by atoms with Crippen molar-refractivity contribution in [3.05, 3.63) is 39.8 Å². The van der Waals surface area contributed by atoms with Crippen LogP contribution in [0.25, 0.3) is 0 Å². The number of para-hydroxylation sites is 1. The molecule has 1 aliphatic rings. The molecule has 0 radical (unpaired) electrons. The van der Waals surface area contributed by atoms with Crippen molar-refractivity contribution in [1.82, 2.24) is 10.2 Å². The zero-order valence-electron chi connectivity index (χ0n) is 10.0. The van der Waals surface area contributed by atoms with E-state index in [-0.39, 0.29) is 6.10 Å². The van der Waals surface area contributed by atoms with Crippen molar-refractivity contribution < 1.29 is 4.74 Å². The second-order valence-corrected chi connectivity index (χ2v) is 5.44. The standard InChI is InChI=1S/C13H15N3OS/c14-7-3-6-12-15-16-13(18-12)11-8-9-4-1-2-5-10(9)17-11/h1-2,4-5,11H,3,6-8,14H2. The number of aryl methyl sites for hydroxylation is 1. The van der Waals surface area contributed by atoms with Crippen molar-refractivity contribution in [3.8, 4) is 5.75 Å². The summed E-state index contributed by atoms with van der Waals surface area (Å²) in [6.07, 6.45) is 2.79. The number of benzene rings is 1. The van der Waals surface area contributed by atoms with E-state index < -0.39 is 0 Å². The Balaban J connectivity index is 1.72. The highest BCUT2D eigenvalue weighted by molar-refractivity contribution is 7.11. The summed E-state index contributed by atoms with van der Waals surface area (Å²) in [5.41, 5.74) is 6.75. The van der Waals surface area contributed by atoms with Gasteiger partial charge in [0.1, 0.15) is 10.8 Å². The van der Waals surface area contributed by atoms with Gasteiger partial charge in [-0.3, -0.25) is 0 Å². The summed E-state index contributed by atoms with van der Waals surface area (Å²) in [7, 11) is 0. The van der Waals surface area contributed by atoms with Crippen LogP contribution in [0.2, 0.25) is 0 Å². The summed E-state index contributed by atoms with van der Waals surface area (Å²) in [5, 5.41) is 10.5. The molecule has 1 aliphatic heterocycles. The molecule has 1 atom stereocenters. The lowest BCUT2D eigenvalue weighted by Gasteiger charge is -2.05. The van der Waals surface area contributed by atoms with Crippen LogP contribution in [0.3, 0.4) is 0 Å². The van der Waals surface area contributed by atoms with Gasteiger partial charge in [0.2, 0.25) is 0 Å². The first-order valence-electron chi connectivity index (χ1n) is 6.13. The largest absolute Gasteiger partial charge is 0.483 e. The minimum absolute atomic E-state index is 0.0338. The number of nitrogens with two attached hydrogens (primary N) is 1. The Morgan fingerprint density at radius 1 is 1.33 bits per heavy atom. The molecule has 4 nitrogen and oxygen atoms in total. The highest BCUT2D eigenvalue weighted by Gasteiger charge is 2.26. The fourth-order valence-corrected chi connectivity index (χ4v) is 2.98. The van der Waals surface area contributed by atoms with Crippen LogP contribution in [0.1, 0.15) is 28.1 Å². The van der Waals surface area contributed by atoms with E-state index in [9.17, 15) is 0 Å². The summed E-state index contributed by atoms with van der Waals surface area (Å²) in [4.78, 5) is 0. The SMILES string of the molecule is NCCCc1nnc(C2Cc3ccccc3O2)s1. The third-order valence-electron chi connectivity index (χ3n) is 3.00. The Labute approximate surface area is 110 Å². The highest BCUT2D eigenvalue weighted by atomic mass is 32.1. The van der Waals surface area contributed by atoms with Gasteiger partial charge in [0, 0.05) is 12.8 Å². The Morgan fingerprint density at radius 3 is 3.06 bits per heavy atom. The van der Waals surface area contributed by atoms with E-state index in [0.29, 0.717) is 6.54 Å². The lowest BCUT2D eigenvalue weighted by atomic mass is 10.1. The topological polar surface area (TPSA) is 61.0 Å². The molecule has 2 N–H and O–H groups in total. The molecule has 0 saturated carbocycles. The molecular formula is C13H15N3OS. The molecule has 0 saturated heterocycles. The maximum atomic E-state index is 5.89. The van der Waals surface area contributed by atoms with Crippen LogP contribution >= 0.6 is 11.3 Å². The van der Waals surface area contributed by atoms with Crippen molar-refractivity contribution in [1.29, 1.82) is 0 Å². The molecule has 1 aromatic carbocycles. The lowest BCUT2D eigenvalue weighted by Crippen LogP contribution is -2.02. The van der Waals surface area contributed by atoms with Crippen molar-refractivity contribution in [3.63, 3.8) is 0 Å². The first kappa shape index (κ1) is 11.6. The molecule has 1 aromatic heterocycles. The summed E-state index contributed by atoms with van der Waals surface area (Å²) in [5.74, 6) is 0.973. The summed E-state index contributed by atoms with van der Waals surface area (Å²) >= 11 is 1.64. The van der Waals surface area contributed by atoms with Gasteiger partial charge in [-0.05, 0) is 24.6 Å². The molecule has 3 rings (SSSR count). The third-order valence-corrected chi connectivity index (χ3v) is 4.07. The molecule has 1 unspecified atom stereocenters. The Morgan fingerprint density at radius 2 is 2.22 bits per heavy atom. The molecule has 0 spiro atoms. The molecule has 5 heteroatoms. The summed E-state index contributed by atoms with van der Waals surface area (Å²) < 4.78 is 5.89. The highest BCUT2D eigenvalue weighted by Crippen LogP contribution is 2.37. The normalized spacial score (nSPS) is 17.5. The van der Waals surface area contributed by atoms with E-state index in [4.69, 9.17) is 10.5 Å². The Bertz CT molecular complexity index is 516. The minimum Gasteiger partial charge on any atom is -0.483 e. The van der Waals surface area contributed by atoms with Gasteiger partial charge >= 0.3 is 0 Å². The van der Waals surface area contributed by atoms with Gasteiger partial charge in [0.15, 0.2) is 11.1 Å². The van der Waals surface area contributed by atoms with Crippen molar-refractivity contribution in [2.75, 3.05) is 6.54 Å². The van der Waals surface area contributed by atoms with E-state index >= 15 is 0 Å². The molecule has 0 amide bonds. The second kappa shape index (κ2) is 5.04. The van der Waals surface area contributed by atoms with Gasteiger partial charge in [-0.2, -0.15) is 0 Å². The Kier molecular flexibility index (Phi) is 3.25. The molecular weight excluding hydrogens is 246 g/mol. The van der Waals surface area contributed by atoms with E-state index in [1.165, 1.54) is 5.56 Å². The van der Waals surface area contributed by atoms with Crippen LogP contribution in [0.4, 0.5) is 0 Å². The molecule has 0 aliphatic carbocycles. The number of aromatic nitrogens is 2. The maximum Gasteiger partial charge on any atom is 0.158 e. The molecule has 2 aromatic rings. The van der Waals surface area contributed by atoms with Crippen LogP contribution in [0, 0.1) is 0 Å². The van der Waals surface area contributed by atoms with Gasteiger partial charge in [-0.25, -0.2) is 0 Å². The number of nitrogens with zero attached hydrogens (tertiary/aromatic N) is 2. The molecule has 0 fully saturated rings. The summed E-state index contributed by atoms with van der Waals surface area (Å²) in [6, 6.07) is 8.14. The predicted octanol–water partition coefficient (Wildman–Crippen LogP) is 2.11. The molecule has 2 heterocycles. The zero-order chi connectivity index (χ0) is 12.4. The van der Waals surface area contributed by atoms with Crippen LogP contribution < -0.4 is 10.5 Å². The van der Waals surface area contributed by atoms with E-state index in [0.717, 1.165) is 35.0 Å². The number of rotatable bonds is 4. The number of ether oxygens (including phenoxy) is 1. The van der Waals surface area contributed by atoms with Gasteiger partial charge in [-0.15, -0.1) is 10.2 Å². The number of hydrogen-bond donors (Lipinski definition) is 1. The van der Waals surface area contributed by atoms with Gasteiger partial charge < -0.3 is 10.5 Å². The Hall–Kier alpha value is -1.46. The van der Waals surface area contributed by atoms with Crippen molar-refractivity contribution in [2.45, 2.75) is 25.4 Å². The summed E-state index contributed by atoms with van der Waals surface area (Å²) in [6.45, 7) is 0.695. The molecule has 0 bridgehead atoms. The van der Waals surface area contributed by atoms with E-state index in [2.05, 4.69) is 16.3 Å². The van der Waals surface area contributed by atoms with E-state index in [1.54, 1.807) is 11.3 Å². The third kappa shape index (κ3) is 2.23. The minimum atomic E-state index is 0.0338. The quantitative estimate of drug-likeness (QED) is 0.915. The lowest BCUT2D eigenvalue weighted by molar-refractivity contribution is 0.237. The first-order valence-corrected chi connectivity index (χ1v) is 6.95. The van der Waals surface area contributed by atoms with Crippen molar-refractivity contribution >= 4 is 11.3 Å². The second-order valence-electron chi connectivity index (χ2n) is 4.34. The number of fused-ring (bicyclic) bond motifs is 1. The smallest absolute Gasteiger partial charge is 0.158 e. The van der Waals surface area contributed by atoms with Crippen LogP contribution in [-0.2, 0) is 12.8 Å². The van der Waals surface area contributed by atoms with Gasteiger partial charge in [0.05, 0.1) is 0 Å². The van der Waals surface area contributed by atoms with E-state index in [1.807, 2.05) is 18.2 Å². The van der Waals surface area contributed by atoms with Crippen LogP contribution in [0.15, 0.2) is 24.3 Å². The molecule has 94 valence electrons. The maximum absolute atomic E-state index is 5.89. The van der Waals surface area contributed by atoms with Gasteiger partial charge in [-0.1, -0.05) is 29.5 Å². The predicted molar refractivity (Wildman–Crippen MR) is 70.8 cm³/mol. The average Bonchev–Trinajstić information content (AvgIpc) is 3.02. The first-order chi connectivity index (χ1) is 8.86. The average molecular weight is 261 g/mol. The van der Waals surface area contributed by atoms with Gasteiger partial charge in [0.25, 0.3) is 0 Å². The van der Waals surface area contributed by atoms with Crippen molar-refractivity contribution in [2.24, 2.45) is 5.73 Å². The fourth-order valence-electron chi connectivity index (χ4n) is 2.07. The molecule has 18 heavy (non-hydrogen) atoms. The monoisotopic (exact) mass is 261 g/mol. The number of hydrogen-bond acceptors (Lipinski definition) is 5. The van der Waals surface area contributed by atoms with Crippen LogP contribution in [-0.4, -0.2) is 16.7 Å².